The number of nitrogens with one attached hydrogen (secondary N) is 1. The van der Waals surface area contributed by atoms with Gasteiger partial charge < -0.3 is 20.0 Å². The van der Waals surface area contributed by atoms with Gasteiger partial charge in [-0.1, -0.05) is 6.07 Å². The van der Waals surface area contributed by atoms with Gasteiger partial charge >= 0.3 is 6.03 Å². The zero-order chi connectivity index (χ0) is 20.4. The molecule has 0 spiro atoms. The summed E-state index contributed by atoms with van der Waals surface area (Å²) in [6.45, 7) is 2.70. The molecule has 4 rings (SSSR count). The fourth-order valence-corrected chi connectivity index (χ4v) is 3.78. The van der Waals surface area contributed by atoms with Crippen molar-refractivity contribution in [2.45, 2.75) is 12.5 Å². The van der Waals surface area contributed by atoms with Crippen LogP contribution in [0.25, 0.3) is 0 Å². The Morgan fingerprint density at radius 3 is 2.34 bits per heavy atom. The van der Waals surface area contributed by atoms with Crippen molar-refractivity contribution in [3.63, 3.8) is 0 Å². The number of amides is 3. The van der Waals surface area contributed by atoms with E-state index in [2.05, 4.69) is 10.2 Å². The minimum Gasteiger partial charge on any atom is -0.368 e. The Morgan fingerprint density at radius 2 is 1.66 bits per heavy atom. The van der Waals surface area contributed by atoms with Gasteiger partial charge in [0.1, 0.15) is 11.6 Å². The van der Waals surface area contributed by atoms with Gasteiger partial charge in [-0.15, -0.1) is 0 Å². The van der Waals surface area contributed by atoms with Crippen LogP contribution in [0.5, 0.6) is 0 Å². The van der Waals surface area contributed by atoms with Gasteiger partial charge in [-0.05, 0) is 42.5 Å². The third-order valence-electron chi connectivity index (χ3n) is 5.33. The number of nitrogens with zero attached hydrogens (tertiary/aromatic N) is 3. The van der Waals surface area contributed by atoms with Crippen molar-refractivity contribution in [3.05, 3.63) is 60.2 Å². The second kappa shape index (κ2) is 8.06. The molecule has 2 saturated heterocycles. The van der Waals surface area contributed by atoms with Gasteiger partial charge in [0, 0.05) is 50.5 Å². The Morgan fingerprint density at radius 1 is 0.931 bits per heavy atom. The van der Waals surface area contributed by atoms with E-state index in [-0.39, 0.29) is 30.2 Å². The smallest absolute Gasteiger partial charge is 0.317 e. The molecule has 152 valence electrons. The van der Waals surface area contributed by atoms with E-state index in [1.807, 2.05) is 0 Å². The van der Waals surface area contributed by atoms with E-state index < -0.39 is 5.82 Å². The Balaban J connectivity index is 1.30. The first-order valence-electron chi connectivity index (χ1n) is 9.61. The number of rotatable bonds is 3. The van der Waals surface area contributed by atoms with Crippen LogP contribution in [0.2, 0.25) is 0 Å². The van der Waals surface area contributed by atoms with Crippen molar-refractivity contribution in [2.24, 2.45) is 0 Å². The Bertz CT molecular complexity index is 898. The van der Waals surface area contributed by atoms with Crippen LogP contribution < -0.4 is 15.1 Å². The largest absolute Gasteiger partial charge is 0.368 e. The molecule has 0 aromatic heterocycles. The van der Waals surface area contributed by atoms with Crippen molar-refractivity contribution >= 4 is 23.3 Å². The van der Waals surface area contributed by atoms with Gasteiger partial charge in [0.05, 0.1) is 6.04 Å². The summed E-state index contributed by atoms with van der Waals surface area (Å²) in [4.78, 5) is 30.2. The maximum Gasteiger partial charge on any atom is 0.317 e. The third-order valence-corrected chi connectivity index (χ3v) is 5.33. The molecule has 2 aromatic rings. The summed E-state index contributed by atoms with van der Waals surface area (Å²) in [5, 5.41) is 2.92. The van der Waals surface area contributed by atoms with Crippen molar-refractivity contribution < 1.29 is 18.4 Å². The number of piperazine rings is 1. The van der Waals surface area contributed by atoms with E-state index in [1.165, 1.54) is 29.2 Å². The van der Waals surface area contributed by atoms with Crippen molar-refractivity contribution in [1.82, 2.24) is 10.2 Å². The number of halogens is 2. The molecule has 2 aromatic carbocycles. The van der Waals surface area contributed by atoms with E-state index in [9.17, 15) is 18.4 Å². The molecule has 2 aliphatic heterocycles. The first-order valence-corrected chi connectivity index (χ1v) is 9.61. The number of benzene rings is 2. The van der Waals surface area contributed by atoms with Gasteiger partial charge in [-0.3, -0.25) is 4.79 Å². The van der Waals surface area contributed by atoms with Crippen molar-refractivity contribution in [1.29, 1.82) is 0 Å². The maximum atomic E-state index is 13.4. The summed E-state index contributed by atoms with van der Waals surface area (Å²) in [5.74, 6) is -0.811. The lowest BCUT2D eigenvalue weighted by molar-refractivity contribution is -0.117. The molecule has 8 heteroatoms. The van der Waals surface area contributed by atoms with Crippen molar-refractivity contribution in [3.8, 4) is 0 Å². The molecule has 0 radical (unpaired) electrons. The third kappa shape index (κ3) is 4.31. The Kier molecular flexibility index (Phi) is 5.33. The molecule has 0 saturated carbocycles. The monoisotopic (exact) mass is 400 g/mol. The predicted octanol–water partition coefficient (Wildman–Crippen LogP) is 2.60. The van der Waals surface area contributed by atoms with E-state index in [0.717, 1.165) is 5.69 Å². The number of anilines is 2. The van der Waals surface area contributed by atoms with Gasteiger partial charge in [0.2, 0.25) is 5.91 Å². The van der Waals surface area contributed by atoms with Crippen molar-refractivity contribution in [2.75, 3.05) is 42.5 Å². The summed E-state index contributed by atoms with van der Waals surface area (Å²) < 4.78 is 26.5. The average Bonchev–Trinajstić information content (AvgIpc) is 3.09. The zero-order valence-electron chi connectivity index (χ0n) is 15.9. The number of hydrogen-bond donors (Lipinski definition) is 1. The zero-order valence-corrected chi connectivity index (χ0v) is 15.9. The molecule has 1 unspecified atom stereocenters. The van der Waals surface area contributed by atoms with Gasteiger partial charge in [-0.2, -0.15) is 0 Å². The van der Waals surface area contributed by atoms with Crippen LogP contribution in [-0.2, 0) is 4.79 Å². The van der Waals surface area contributed by atoms with Crippen LogP contribution in [0.15, 0.2) is 48.5 Å². The Labute approximate surface area is 167 Å². The summed E-state index contributed by atoms with van der Waals surface area (Å²) in [5.41, 5.74) is 1.43. The molecule has 2 heterocycles. The van der Waals surface area contributed by atoms with Crippen LogP contribution in [0.1, 0.15) is 6.42 Å². The van der Waals surface area contributed by atoms with Crippen LogP contribution in [0, 0.1) is 11.6 Å². The molecule has 2 fully saturated rings. The van der Waals surface area contributed by atoms with Gasteiger partial charge in [0.15, 0.2) is 0 Å². The summed E-state index contributed by atoms with van der Waals surface area (Å²) in [7, 11) is 0. The normalized spacial score (nSPS) is 19.6. The highest BCUT2D eigenvalue weighted by molar-refractivity contribution is 5.96. The van der Waals surface area contributed by atoms with E-state index in [0.29, 0.717) is 38.4 Å². The fraction of sp³-hybridized carbons (Fsp3) is 0.333. The Hall–Kier alpha value is -3.16. The topological polar surface area (TPSA) is 55.9 Å². The van der Waals surface area contributed by atoms with Gasteiger partial charge in [-0.25, -0.2) is 13.6 Å². The van der Waals surface area contributed by atoms with Crippen LogP contribution >= 0.6 is 0 Å². The van der Waals surface area contributed by atoms with E-state index >= 15 is 0 Å². The van der Waals surface area contributed by atoms with Crippen LogP contribution in [0.3, 0.4) is 0 Å². The first kappa shape index (κ1) is 19.2. The van der Waals surface area contributed by atoms with E-state index in [4.69, 9.17) is 0 Å². The molecule has 0 aliphatic carbocycles. The highest BCUT2D eigenvalue weighted by Crippen LogP contribution is 2.23. The standard InChI is InChI=1S/C21H22F2N4O2/c22-15-4-6-18(7-5-15)25-8-10-26(11-9-25)21(29)24-17-13-20(28)27(14-17)19-3-1-2-16(23)12-19/h1-7,12,17H,8-11,13-14H2,(H,24,29). The molecule has 29 heavy (non-hydrogen) atoms. The SMILES string of the molecule is O=C(NC1CC(=O)N(c2cccc(F)c2)C1)N1CCN(c2ccc(F)cc2)CC1. The minimum absolute atomic E-state index is 0.137. The van der Waals surface area contributed by atoms with E-state index in [1.54, 1.807) is 29.2 Å². The van der Waals surface area contributed by atoms with Crippen LogP contribution in [-0.4, -0.2) is 55.6 Å². The fourth-order valence-electron chi connectivity index (χ4n) is 3.78. The highest BCUT2D eigenvalue weighted by atomic mass is 19.1. The van der Waals surface area contributed by atoms with Gasteiger partial charge in [0.25, 0.3) is 0 Å². The molecule has 0 bridgehead atoms. The van der Waals surface area contributed by atoms with Crippen LogP contribution in [0.4, 0.5) is 25.0 Å². The highest BCUT2D eigenvalue weighted by Gasteiger charge is 2.33. The number of carbonyl (C=O) groups excluding carboxylic acids is 2. The lowest BCUT2D eigenvalue weighted by atomic mass is 10.2. The molecular weight excluding hydrogens is 378 g/mol. The first-order chi connectivity index (χ1) is 14.0. The summed E-state index contributed by atoms with van der Waals surface area (Å²) >= 11 is 0. The predicted molar refractivity (Wildman–Crippen MR) is 106 cm³/mol. The molecule has 2 aliphatic rings. The summed E-state index contributed by atoms with van der Waals surface area (Å²) in [6.07, 6.45) is 0.192. The molecule has 6 nitrogen and oxygen atoms in total. The average molecular weight is 400 g/mol. The summed E-state index contributed by atoms with van der Waals surface area (Å²) in [6, 6.07) is 11.7. The lowest BCUT2D eigenvalue weighted by Crippen LogP contribution is -2.53. The lowest BCUT2D eigenvalue weighted by Gasteiger charge is -2.36. The second-order valence-corrected chi connectivity index (χ2v) is 7.29. The quantitative estimate of drug-likeness (QED) is 0.862. The molecular formula is C21H22F2N4O2. The maximum absolute atomic E-state index is 13.4. The molecule has 1 N–H and O–H groups in total. The molecule has 3 amide bonds. The number of carbonyl (C=O) groups is 2. The second-order valence-electron chi connectivity index (χ2n) is 7.29. The number of hydrogen-bond acceptors (Lipinski definition) is 3. The minimum atomic E-state index is -0.401. The number of urea groups is 1. The molecule has 1 atom stereocenters.